The van der Waals surface area contributed by atoms with Gasteiger partial charge in [-0.3, -0.25) is 0 Å². The van der Waals surface area contributed by atoms with Crippen LogP contribution in [0.25, 0.3) is 0 Å². The predicted octanol–water partition coefficient (Wildman–Crippen LogP) is 2.87. The minimum atomic E-state index is -1.10. The van der Waals surface area contributed by atoms with Crippen LogP contribution in [0.15, 0.2) is 27.8 Å². The molecule has 0 fully saturated rings. The molecule has 1 aromatic rings. The third kappa shape index (κ3) is 6.98. The molecule has 0 bridgehead atoms. The van der Waals surface area contributed by atoms with Crippen molar-refractivity contribution in [2.45, 2.75) is 53.1 Å². The number of hydrogen-bond donors (Lipinski definition) is 3. The van der Waals surface area contributed by atoms with Crippen molar-refractivity contribution in [3.05, 3.63) is 24.2 Å². The average Bonchev–Trinajstić information content (AvgIpc) is 2.94. The van der Waals surface area contributed by atoms with Gasteiger partial charge in [-0.15, -0.1) is 0 Å². The van der Waals surface area contributed by atoms with E-state index in [-0.39, 0.29) is 6.54 Å². The summed E-state index contributed by atoms with van der Waals surface area (Å²) in [7, 11) is 0. The van der Waals surface area contributed by atoms with Crippen LogP contribution < -0.4 is 10.6 Å². The highest BCUT2D eigenvalue weighted by Crippen LogP contribution is 2.21. The topological polar surface area (TPSA) is 69.8 Å². The van der Waals surface area contributed by atoms with Gasteiger partial charge in [-0.05, 0) is 44.2 Å². The highest BCUT2D eigenvalue weighted by Gasteiger charge is 2.26. The molecule has 5 heteroatoms. The Kier molecular flexibility index (Phi) is 6.94. The Bertz CT molecular complexity index is 445. The molecule has 126 valence electrons. The van der Waals surface area contributed by atoms with Gasteiger partial charge in [0.25, 0.3) is 0 Å². The lowest BCUT2D eigenvalue weighted by Crippen LogP contribution is -2.39. The van der Waals surface area contributed by atoms with Crippen molar-refractivity contribution < 1.29 is 9.52 Å². The van der Waals surface area contributed by atoms with Gasteiger partial charge in [0.05, 0.1) is 12.8 Å². The highest BCUT2D eigenvalue weighted by atomic mass is 16.4. The molecule has 0 aliphatic rings. The van der Waals surface area contributed by atoms with Crippen LogP contribution in [0.4, 0.5) is 0 Å². The fraction of sp³-hybridized carbons (Fsp3) is 0.706. The molecule has 0 aliphatic carbocycles. The summed E-state index contributed by atoms with van der Waals surface area (Å²) in [5.41, 5.74) is -0.753. The minimum Gasteiger partial charge on any atom is -0.466 e. The molecular weight excluding hydrogens is 278 g/mol. The van der Waals surface area contributed by atoms with Crippen LogP contribution >= 0.6 is 0 Å². The van der Waals surface area contributed by atoms with E-state index in [4.69, 9.17) is 4.42 Å². The second kappa shape index (κ2) is 8.22. The molecule has 1 aromatic heterocycles. The number of rotatable bonds is 7. The van der Waals surface area contributed by atoms with Crippen LogP contribution in [0.3, 0.4) is 0 Å². The number of guanidine groups is 1. The lowest BCUT2D eigenvalue weighted by Gasteiger charge is -2.20. The van der Waals surface area contributed by atoms with Crippen molar-refractivity contribution in [3.8, 4) is 0 Å². The smallest absolute Gasteiger partial charge is 0.191 e. The van der Waals surface area contributed by atoms with E-state index in [9.17, 15) is 5.11 Å². The first-order chi connectivity index (χ1) is 10.2. The molecule has 0 aromatic carbocycles. The third-order valence-corrected chi connectivity index (χ3v) is 3.34. The van der Waals surface area contributed by atoms with Gasteiger partial charge in [-0.2, -0.15) is 0 Å². The number of nitrogens with one attached hydrogen (secondary N) is 2. The maximum absolute atomic E-state index is 10.4. The molecule has 0 amide bonds. The van der Waals surface area contributed by atoms with E-state index in [2.05, 4.69) is 36.4 Å². The van der Waals surface area contributed by atoms with Gasteiger partial charge < -0.3 is 20.2 Å². The van der Waals surface area contributed by atoms with Gasteiger partial charge in [0.15, 0.2) is 5.96 Å². The lowest BCUT2D eigenvalue weighted by molar-refractivity contribution is 0.0437. The molecule has 0 radical (unpaired) electrons. The van der Waals surface area contributed by atoms with E-state index in [0.717, 1.165) is 31.9 Å². The number of aliphatic hydroxyl groups is 1. The summed E-state index contributed by atoms with van der Waals surface area (Å²) < 4.78 is 5.27. The van der Waals surface area contributed by atoms with Crippen LogP contribution in [0.5, 0.6) is 0 Å². The SMILES string of the molecule is CCNC(=NCC(C)(O)c1ccco1)NCCCC(C)(C)C. The highest BCUT2D eigenvalue weighted by molar-refractivity contribution is 5.79. The molecule has 3 N–H and O–H groups in total. The van der Waals surface area contributed by atoms with E-state index in [0.29, 0.717) is 11.2 Å². The Hall–Kier alpha value is -1.49. The molecule has 1 atom stereocenters. The van der Waals surface area contributed by atoms with Crippen LogP contribution in [0.1, 0.15) is 53.2 Å². The first-order valence-electron chi connectivity index (χ1n) is 8.03. The molecular formula is C17H31N3O2. The Morgan fingerprint density at radius 2 is 2.00 bits per heavy atom. The summed E-state index contributed by atoms with van der Waals surface area (Å²) in [6.45, 7) is 12.4. The van der Waals surface area contributed by atoms with Crippen molar-refractivity contribution in [1.29, 1.82) is 0 Å². The molecule has 1 heterocycles. The Morgan fingerprint density at radius 3 is 2.55 bits per heavy atom. The molecule has 0 aliphatic heterocycles. The van der Waals surface area contributed by atoms with Crippen molar-refractivity contribution in [2.75, 3.05) is 19.6 Å². The molecule has 0 saturated carbocycles. The first-order valence-corrected chi connectivity index (χ1v) is 8.03. The summed E-state index contributed by atoms with van der Waals surface area (Å²) in [4.78, 5) is 4.46. The Labute approximate surface area is 134 Å². The van der Waals surface area contributed by atoms with Crippen LogP contribution in [-0.2, 0) is 5.60 Å². The number of furan rings is 1. The van der Waals surface area contributed by atoms with E-state index in [1.54, 1.807) is 25.3 Å². The van der Waals surface area contributed by atoms with Crippen molar-refractivity contribution in [1.82, 2.24) is 10.6 Å². The fourth-order valence-electron chi connectivity index (χ4n) is 2.06. The van der Waals surface area contributed by atoms with Gasteiger partial charge in [-0.1, -0.05) is 20.8 Å². The average molecular weight is 309 g/mol. The van der Waals surface area contributed by atoms with Crippen LogP contribution in [0.2, 0.25) is 0 Å². The minimum absolute atomic E-state index is 0.245. The molecule has 1 unspecified atom stereocenters. The zero-order valence-corrected chi connectivity index (χ0v) is 14.6. The van der Waals surface area contributed by atoms with Gasteiger partial charge >= 0.3 is 0 Å². The zero-order chi connectivity index (χ0) is 16.6. The zero-order valence-electron chi connectivity index (χ0n) is 14.6. The van der Waals surface area contributed by atoms with E-state index in [1.807, 2.05) is 6.92 Å². The monoisotopic (exact) mass is 309 g/mol. The van der Waals surface area contributed by atoms with Gasteiger partial charge in [0, 0.05) is 13.1 Å². The second-order valence-corrected chi connectivity index (χ2v) is 7.04. The van der Waals surface area contributed by atoms with Gasteiger partial charge in [0.2, 0.25) is 0 Å². The molecule has 0 spiro atoms. The first kappa shape index (κ1) is 18.6. The largest absolute Gasteiger partial charge is 0.466 e. The Balaban J connectivity index is 2.51. The lowest BCUT2D eigenvalue weighted by atomic mass is 9.91. The van der Waals surface area contributed by atoms with Crippen LogP contribution in [-0.4, -0.2) is 30.7 Å². The van der Waals surface area contributed by atoms with Crippen molar-refractivity contribution in [3.63, 3.8) is 0 Å². The number of aliphatic imine (C=N–C) groups is 1. The molecule has 5 nitrogen and oxygen atoms in total. The quantitative estimate of drug-likeness (QED) is 0.411. The normalized spacial score (nSPS) is 15.5. The Morgan fingerprint density at radius 1 is 1.27 bits per heavy atom. The van der Waals surface area contributed by atoms with Gasteiger partial charge in [0.1, 0.15) is 11.4 Å². The van der Waals surface area contributed by atoms with Crippen LogP contribution in [0, 0.1) is 5.41 Å². The number of hydrogen-bond acceptors (Lipinski definition) is 3. The van der Waals surface area contributed by atoms with E-state index >= 15 is 0 Å². The van der Waals surface area contributed by atoms with Crippen molar-refractivity contribution >= 4 is 5.96 Å². The van der Waals surface area contributed by atoms with E-state index < -0.39 is 5.60 Å². The second-order valence-electron chi connectivity index (χ2n) is 7.04. The summed E-state index contributed by atoms with van der Waals surface area (Å²) in [6.07, 6.45) is 3.80. The maximum Gasteiger partial charge on any atom is 0.191 e. The molecule has 0 saturated heterocycles. The van der Waals surface area contributed by atoms with E-state index in [1.165, 1.54) is 0 Å². The summed E-state index contributed by atoms with van der Waals surface area (Å²) in [5, 5.41) is 16.9. The third-order valence-electron chi connectivity index (χ3n) is 3.34. The van der Waals surface area contributed by atoms with Gasteiger partial charge in [-0.25, -0.2) is 4.99 Å². The molecule has 22 heavy (non-hydrogen) atoms. The predicted molar refractivity (Wildman–Crippen MR) is 90.9 cm³/mol. The summed E-state index contributed by atoms with van der Waals surface area (Å²) in [5.74, 6) is 1.25. The maximum atomic E-state index is 10.4. The van der Waals surface area contributed by atoms with Crippen molar-refractivity contribution in [2.24, 2.45) is 10.4 Å². The molecule has 1 rings (SSSR count). The summed E-state index contributed by atoms with van der Waals surface area (Å²) >= 11 is 0. The fourth-order valence-corrected chi connectivity index (χ4v) is 2.06. The standard InChI is InChI=1S/C17H31N3O2/c1-6-18-15(19-11-8-10-16(2,3)4)20-13-17(5,21)14-9-7-12-22-14/h7,9,12,21H,6,8,10-11,13H2,1-5H3,(H2,18,19,20). The summed E-state index contributed by atoms with van der Waals surface area (Å²) in [6, 6.07) is 3.53. The number of nitrogens with zero attached hydrogens (tertiary/aromatic N) is 1.